The molecule has 0 aromatic heterocycles. The molecule has 0 heterocycles. The van der Waals surface area contributed by atoms with Crippen molar-refractivity contribution in [3.05, 3.63) is 64.4 Å². The zero-order valence-corrected chi connectivity index (χ0v) is 18.3. The van der Waals surface area contributed by atoms with Crippen molar-refractivity contribution in [1.82, 2.24) is 10.6 Å². The summed E-state index contributed by atoms with van der Waals surface area (Å²) in [5.41, 5.74) is 0.839. The van der Waals surface area contributed by atoms with Gasteiger partial charge in [-0.2, -0.15) is 5.26 Å². The Morgan fingerprint density at radius 3 is 2.56 bits per heavy atom. The number of halogens is 2. The van der Waals surface area contributed by atoms with Crippen LogP contribution in [-0.2, 0) is 11.3 Å². The smallest absolute Gasteiger partial charge is 0.258 e. The molecule has 2 bridgehead atoms. The number of aliphatic hydroxyl groups excluding tert-OH is 1. The molecule has 0 radical (unpaired) electrons. The number of nitrogens with zero attached hydrogens (tertiary/aromatic N) is 1. The van der Waals surface area contributed by atoms with Gasteiger partial charge < -0.3 is 20.5 Å². The summed E-state index contributed by atoms with van der Waals surface area (Å²) >= 11 is 5.66. The van der Waals surface area contributed by atoms with E-state index in [1.54, 1.807) is 12.1 Å². The number of benzene rings is 2. The number of rotatable bonds is 7. The van der Waals surface area contributed by atoms with E-state index in [2.05, 4.69) is 16.7 Å². The number of nitriles is 1. The lowest BCUT2D eigenvalue weighted by Gasteiger charge is -2.56. The summed E-state index contributed by atoms with van der Waals surface area (Å²) in [6.45, 7) is 0.370. The highest BCUT2D eigenvalue weighted by Crippen LogP contribution is 2.47. The van der Waals surface area contributed by atoms with E-state index in [-0.39, 0.29) is 28.8 Å². The molecule has 0 saturated heterocycles. The topological polar surface area (TPSA) is 94.4 Å². The third-order valence-electron chi connectivity index (χ3n) is 6.71. The molecule has 0 aliphatic heterocycles. The first-order chi connectivity index (χ1) is 15.3. The van der Waals surface area contributed by atoms with Gasteiger partial charge in [-0.3, -0.25) is 4.79 Å². The molecule has 1 atom stereocenters. The first kappa shape index (κ1) is 22.5. The van der Waals surface area contributed by atoms with E-state index >= 15 is 0 Å². The molecule has 8 heteroatoms. The molecule has 0 spiro atoms. The van der Waals surface area contributed by atoms with E-state index in [1.807, 2.05) is 12.1 Å². The largest absolute Gasteiger partial charge is 0.484 e. The van der Waals surface area contributed by atoms with Crippen molar-refractivity contribution in [2.24, 2.45) is 0 Å². The van der Waals surface area contributed by atoms with Crippen molar-refractivity contribution >= 4 is 17.5 Å². The minimum Gasteiger partial charge on any atom is -0.484 e. The minimum absolute atomic E-state index is 0.00429. The van der Waals surface area contributed by atoms with Gasteiger partial charge in [-0.15, -0.1) is 0 Å². The van der Waals surface area contributed by atoms with Gasteiger partial charge in [-0.25, -0.2) is 4.39 Å². The predicted molar refractivity (Wildman–Crippen MR) is 118 cm³/mol. The first-order valence-corrected chi connectivity index (χ1v) is 11.0. The highest BCUT2D eigenvalue weighted by molar-refractivity contribution is 6.30. The zero-order valence-electron chi connectivity index (χ0n) is 17.5. The normalized spacial score (nSPS) is 26.4. The summed E-state index contributed by atoms with van der Waals surface area (Å²) in [4.78, 5) is 12.5. The Balaban J connectivity index is 1.30. The maximum atomic E-state index is 13.5. The van der Waals surface area contributed by atoms with Gasteiger partial charge in [0, 0.05) is 23.7 Å². The number of hydrogen-bond acceptors (Lipinski definition) is 5. The lowest BCUT2D eigenvalue weighted by molar-refractivity contribution is -0.129. The summed E-state index contributed by atoms with van der Waals surface area (Å²) in [5, 5.41) is 26.4. The predicted octanol–water partition coefficient (Wildman–Crippen LogP) is 3.45. The number of aliphatic hydroxyl groups is 1. The van der Waals surface area contributed by atoms with Crippen molar-refractivity contribution in [2.75, 3.05) is 6.61 Å². The Morgan fingerprint density at radius 2 is 1.94 bits per heavy atom. The van der Waals surface area contributed by atoms with Gasteiger partial charge in [0.2, 0.25) is 0 Å². The summed E-state index contributed by atoms with van der Waals surface area (Å²) in [6.07, 6.45) is 2.88. The van der Waals surface area contributed by atoms with Crippen molar-refractivity contribution in [2.45, 2.75) is 55.8 Å². The van der Waals surface area contributed by atoms with Crippen molar-refractivity contribution in [1.29, 1.82) is 5.26 Å². The highest BCUT2D eigenvalue weighted by atomic mass is 35.5. The van der Waals surface area contributed by atoms with Crippen molar-refractivity contribution < 1.29 is 19.0 Å². The van der Waals surface area contributed by atoms with E-state index in [0.717, 1.165) is 37.3 Å². The molecule has 1 amide bonds. The van der Waals surface area contributed by atoms with Gasteiger partial charge >= 0.3 is 0 Å². The molecule has 6 nitrogen and oxygen atoms in total. The van der Waals surface area contributed by atoms with Gasteiger partial charge in [-0.05, 0) is 61.9 Å². The van der Waals surface area contributed by atoms with E-state index in [0.29, 0.717) is 18.5 Å². The Hall–Kier alpha value is -2.66. The number of hydrogen-bond donors (Lipinski definition) is 3. The van der Waals surface area contributed by atoms with Gasteiger partial charge in [0.25, 0.3) is 5.91 Å². The number of carbonyl (C=O) groups is 1. The van der Waals surface area contributed by atoms with Crippen LogP contribution in [0.2, 0.25) is 5.02 Å². The Bertz CT molecular complexity index is 1030. The Morgan fingerprint density at radius 1 is 1.22 bits per heavy atom. The minimum atomic E-state index is -0.601. The van der Waals surface area contributed by atoms with Crippen LogP contribution in [0.4, 0.5) is 4.39 Å². The highest BCUT2D eigenvalue weighted by Gasteiger charge is 2.54. The second-order valence-electron chi connectivity index (χ2n) is 8.73. The van der Waals surface area contributed by atoms with Crippen molar-refractivity contribution in [3.8, 4) is 11.8 Å². The summed E-state index contributed by atoms with van der Waals surface area (Å²) in [7, 11) is 0. The second-order valence-corrected chi connectivity index (χ2v) is 9.14. The molecule has 32 heavy (non-hydrogen) atoms. The van der Waals surface area contributed by atoms with Crippen LogP contribution >= 0.6 is 11.6 Å². The van der Waals surface area contributed by atoms with Crippen LogP contribution in [0, 0.1) is 17.1 Å². The molecule has 2 aromatic carbocycles. The molecule has 5 rings (SSSR count). The third kappa shape index (κ3) is 4.73. The molecule has 3 saturated carbocycles. The molecule has 2 aromatic rings. The van der Waals surface area contributed by atoms with Gasteiger partial charge in [0.1, 0.15) is 11.6 Å². The van der Waals surface area contributed by atoms with E-state index in [9.17, 15) is 14.3 Å². The SMILES string of the molecule is N#Cc1ccc(CNC23CCC(NC(=O)COc4ccc(Cl)c(F)c4)(CC2)CC3O)cc1. The van der Waals surface area contributed by atoms with Gasteiger partial charge in [0.15, 0.2) is 6.61 Å². The number of nitrogens with one attached hydrogen (secondary N) is 2. The first-order valence-electron chi connectivity index (χ1n) is 10.6. The van der Waals surface area contributed by atoms with Crippen LogP contribution in [0.15, 0.2) is 42.5 Å². The molecular formula is C24H25ClFN3O3. The van der Waals surface area contributed by atoms with Gasteiger partial charge in [-0.1, -0.05) is 23.7 Å². The fourth-order valence-corrected chi connectivity index (χ4v) is 4.89. The second kappa shape index (κ2) is 9.07. The van der Waals surface area contributed by atoms with Crippen LogP contribution < -0.4 is 15.4 Å². The molecule has 3 N–H and O–H groups in total. The van der Waals surface area contributed by atoms with E-state index in [1.165, 1.54) is 12.1 Å². The summed E-state index contributed by atoms with van der Waals surface area (Å²) < 4.78 is 18.9. The molecule has 3 fully saturated rings. The van der Waals surface area contributed by atoms with E-state index in [4.69, 9.17) is 21.6 Å². The van der Waals surface area contributed by atoms with Crippen LogP contribution in [0.25, 0.3) is 0 Å². The number of ether oxygens (including phenoxy) is 1. The fraction of sp³-hybridized carbons (Fsp3) is 0.417. The van der Waals surface area contributed by atoms with Crippen LogP contribution in [0.5, 0.6) is 5.75 Å². The third-order valence-corrected chi connectivity index (χ3v) is 7.02. The maximum absolute atomic E-state index is 13.5. The number of carbonyl (C=O) groups excluding carboxylic acids is 1. The van der Waals surface area contributed by atoms with Crippen LogP contribution in [-0.4, -0.2) is 34.8 Å². The molecule has 1 unspecified atom stereocenters. The molecule has 3 aliphatic rings. The molecule has 168 valence electrons. The quantitative estimate of drug-likeness (QED) is 0.592. The fourth-order valence-electron chi connectivity index (χ4n) is 4.77. The average molecular weight is 458 g/mol. The monoisotopic (exact) mass is 457 g/mol. The average Bonchev–Trinajstić information content (AvgIpc) is 2.80. The number of fused-ring (bicyclic) bond motifs is 3. The Labute approximate surface area is 191 Å². The molecule has 3 aliphatic carbocycles. The lowest BCUT2D eigenvalue weighted by atomic mass is 9.60. The maximum Gasteiger partial charge on any atom is 0.258 e. The van der Waals surface area contributed by atoms with E-state index < -0.39 is 17.5 Å². The van der Waals surface area contributed by atoms with Crippen LogP contribution in [0.3, 0.4) is 0 Å². The zero-order chi connectivity index (χ0) is 22.8. The van der Waals surface area contributed by atoms with Crippen molar-refractivity contribution in [3.63, 3.8) is 0 Å². The summed E-state index contributed by atoms with van der Waals surface area (Å²) in [6, 6.07) is 13.5. The summed E-state index contributed by atoms with van der Waals surface area (Å²) in [5.74, 6) is -0.666. The Kier molecular flexibility index (Phi) is 6.38. The molecular weight excluding hydrogens is 433 g/mol. The standard InChI is InChI=1S/C24H25ClFN3O3/c25-19-6-5-18(11-20(19)26)32-15-22(31)29-23-7-9-24(10-8-23,21(30)12-23)28-14-17-3-1-16(13-27)2-4-17/h1-6,11,21,28,30H,7-10,12,14-15H2,(H,29,31). The lowest BCUT2D eigenvalue weighted by Crippen LogP contribution is -2.69. The number of amides is 1. The van der Waals surface area contributed by atoms with Gasteiger partial charge in [0.05, 0.1) is 22.8 Å². The van der Waals surface area contributed by atoms with Crippen LogP contribution in [0.1, 0.15) is 43.2 Å².